The molecule has 1 aromatic heterocycles. The maximum absolute atomic E-state index is 10.9. The molecule has 0 radical (unpaired) electrons. The Kier molecular flexibility index (Phi) is 4.14. The number of benzene rings is 1. The molecule has 0 spiro atoms. The average Bonchev–Trinajstić information content (AvgIpc) is 2.36. The summed E-state index contributed by atoms with van der Waals surface area (Å²) in [4.78, 5) is 18.7. The van der Waals surface area contributed by atoms with E-state index in [1.165, 1.54) is 6.07 Å². The molecule has 0 bridgehead atoms. The Balaban J connectivity index is 2.19. The fourth-order valence-corrected chi connectivity index (χ4v) is 2.09. The van der Waals surface area contributed by atoms with Gasteiger partial charge in [0.05, 0.1) is 4.92 Å². The third-order valence-corrected chi connectivity index (χ3v) is 3.07. The number of nitrogens with zero attached hydrogens (tertiary/aromatic N) is 3. The number of halogens is 1. The van der Waals surface area contributed by atoms with Crippen molar-refractivity contribution in [3.63, 3.8) is 0 Å². The lowest BCUT2D eigenvalue weighted by molar-refractivity contribution is -0.385. The highest BCUT2D eigenvalue weighted by Crippen LogP contribution is 2.22. The fraction of sp³-hybridized carbons (Fsp3) is 0.231. The molecule has 0 fully saturated rings. The number of anilines is 1. The Bertz CT molecular complexity index is 641. The van der Waals surface area contributed by atoms with E-state index in [1.54, 1.807) is 26.0 Å². The summed E-state index contributed by atoms with van der Waals surface area (Å²) in [5, 5.41) is 14.3. The number of rotatable bonds is 4. The van der Waals surface area contributed by atoms with Crippen LogP contribution in [0.25, 0.3) is 0 Å². The summed E-state index contributed by atoms with van der Waals surface area (Å²) in [6.07, 6.45) is 0. The Morgan fingerprint density at radius 1 is 1.35 bits per heavy atom. The van der Waals surface area contributed by atoms with E-state index in [2.05, 4.69) is 15.3 Å². The van der Waals surface area contributed by atoms with E-state index in [9.17, 15) is 10.1 Å². The number of hydrogen-bond acceptors (Lipinski definition) is 5. The van der Waals surface area contributed by atoms with E-state index in [1.807, 2.05) is 6.07 Å². The summed E-state index contributed by atoms with van der Waals surface area (Å²) in [7, 11) is 0. The predicted octanol–water partition coefficient (Wildman–Crippen LogP) is 3.27. The summed E-state index contributed by atoms with van der Waals surface area (Å²) >= 11 is 5.85. The van der Waals surface area contributed by atoms with Gasteiger partial charge in [0.2, 0.25) is 0 Å². The summed E-state index contributed by atoms with van der Waals surface area (Å²) < 4.78 is 0. The van der Waals surface area contributed by atoms with Crippen LogP contribution in [0.2, 0.25) is 5.15 Å². The first-order valence-corrected chi connectivity index (χ1v) is 6.33. The van der Waals surface area contributed by atoms with Crippen molar-refractivity contribution in [3.8, 4) is 0 Å². The lowest BCUT2D eigenvalue weighted by atomic mass is 10.1. The number of hydrogen-bond donors (Lipinski definition) is 1. The summed E-state index contributed by atoms with van der Waals surface area (Å²) in [5.41, 5.74) is 1.59. The van der Waals surface area contributed by atoms with Crippen LogP contribution in [0.5, 0.6) is 0 Å². The van der Waals surface area contributed by atoms with Crippen molar-refractivity contribution in [2.45, 2.75) is 20.4 Å². The van der Waals surface area contributed by atoms with Crippen LogP contribution in [0, 0.1) is 24.0 Å². The van der Waals surface area contributed by atoms with E-state index in [-0.39, 0.29) is 10.6 Å². The zero-order valence-corrected chi connectivity index (χ0v) is 11.8. The van der Waals surface area contributed by atoms with Crippen LogP contribution < -0.4 is 5.32 Å². The van der Waals surface area contributed by atoms with Gasteiger partial charge in [-0.2, -0.15) is 0 Å². The van der Waals surface area contributed by atoms with Gasteiger partial charge < -0.3 is 5.32 Å². The molecule has 0 saturated carbocycles. The molecule has 6 nitrogen and oxygen atoms in total. The molecule has 0 unspecified atom stereocenters. The van der Waals surface area contributed by atoms with Gasteiger partial charge in [-0.25, -0.2) is 9.97 Å². The van der Waals surface area contributed by atoms with Crippen LogP contribution in [0.3, 0.4) is 0 Å². The molecule has 0 aliphatic rings. The highest BCUT2D eigenvalue weighted by atomic mass is 35.5. The number of aromatic nitrogens is 2. The zero-order valence-electron chi connectivity index (χ0n) is 11.1. The lowest BCUT2D eigenvalue weighted by Crippen LogP contribution is -2.05. The molecule has 7 heteroatoms. The van der Waals surface area contributed by atoms with Crippen LogP contribution in [0.4, 0.5) is 11.5 Å². The minimum absolute atomic E-state index is 0.112. The zero-order chi connectivity index (χ0) is 14.7. The van der Waals surface area contributed by atoms with E-state index in [0.29, 0.717) is 28.9 Å². The van der Waals surface area contributed by atoms with Crippen molar-refractivity contribution in [3.05, 3.63) is 56.5 Å². The highest BCUT2D eigenvalue weighted by molar-refractivity contribution is 6.29. The highest BCUT2D eigenvalue weighted by Gasteiger charge is 2.13. The van der Waals surface area contributed by atoms with Crippen molar-refractivity contribution < 1.29 is 4.92 Å². The first-order valence-electron chi connectivity index (χ1n) is 5.95. The normalized spacial score (nSPS) is 10.3. The molecule has 0 aliphatic heterocycles. The molecule has 20 heavy (non-hydrogen) atoms. The van der Waals surface area contributed by atoms with Gasteiger partial charge in [0, 0.05) is 24.2 Å². The van der Waals surface area contributed by atoms with Gasteiger partial charge in [-0.15, -0.1) is 0 Å². The van der Waals surface area contributed by atoms with Crippen LogP contribution in [0.15, 0.2) is 24.3 Å². The SMILES string of the molecule is Cc1nc(Cl)cc(NCc2cccc([N+](=O)[O-])c2C)n1. The Morgan fingerprint density at radius 2 is 2.10 bits per heavy atom. The molecule has 2 aromatic rings. The summed E-state index contributed by atoms with van der Waals surface area (Å²) in [5.74, 6) is 1.16. The van der Waals surface area contributed by atoms with E-state index >= 15 is 0 Å². The molecular weight excluding hydrogens is 280 g/mol. The van der Waals surface area contributed by atoms with Gasteiger partial charge in [0.1, 0.15) is 16.8 Å². The second kappa shape index (κ2) is 5.83. The Morgan fingerprint density at radius 3 is 2.75 bits per heavy atom. The maximum Gasteiger partial charge on any atom is 0.272 e. The third kappa shape index (κ3) is 3.21. The Hall–Kier alpha value is -2.21. The standard InChI is InChI=1S/C13H13ClN4O2/c1-8-10(4-3-5-11(8)18(19)20)7-15-13-6-12(14)16-9(2)17-13/h3-6H,7H2,1-2H3,(H,15,16,17). The van der Waals surface area contributed by atoms with Gasteiger partial charge >= 0.3 is 0 Å². The van der Waals surface area contributed by atoms with Crippen LogP contribution in [-0.2, 0) is 6.54 Å². The average molecular weight is 293 g/mol. The van der Waals surface area contributed by atoms with E-state index < -0.39 is 0 Å². The van der Waals surface area contributed by atoms with Crippen molar-refractivity contribution in [2.24, 2.45) is 0 Å². The minimum Gasteiger partial charge on any atom is -0.366 e. The van der Waals surface area contributed by atoms with Crippen LogP contribution >= 0.6 is 11.6 Å². The van der Waals surface area contributed by atoms with Crippen LogP contribution in [-0.4, -0.2) is 14.9 Å². The number of nitrogens with one attached hydrogen (secondary N) is 1. The van der Waals surface area contributed by atoms with E-state index in [4.69, 9.17) is 11.6 Å². The quantitative estimate of drug-likeness (QED) is 0.531. The van der Waals surface area contributed by atoms with Crippen molar-refractivity contribution in [1.82, 2.24) is 9.97 Å². The molecule has 1 N–H and O–H groups in total. The smallest absolute Gasteiger partial charge is 0.272 e. The molecule has 1 aromatic carbocycles. The number of nitro groups is 1. The number of nitro benzene ring substituents is 1. The predicted molar refractivity (Wildman–Crippen MR) is 76.9 cm³/mol. The lowest BCUT2D eigenvalue weighted by Gasteiger charge is -2.09. The molecule has 0 atom stereocenters. The first-order chi connectivity index (χ1) is 9.47. The molecule has 104 valence electrons. The van der Waals surface area contributed by atoms with E-state index in [0.717, 1.165) is 5.56 Å². The van der Waals surface area contributed by atoms with Gasteiger partial charge in [0.25, 0.3) is 5.69 Å². The van der Waals surface area contributed by atoms with Crippen molar-refractivity contribution in [2.75, 3.05) is 5.32 Å². The van der Waals surface area contributed by atoms with Gasteiger partial charge in [-0.3, -0.25) is 10.1 Å². The fourth-order valence-electron chi connectivity index (χ4n) is 1.87. The largest absolute Gasteiger partial charge is 0.366 e. The van der Waals surface area contributed by atoms with Crippen LogP contribution in [0.1, 0.15) is 17.0 Å². The molecule has 0 amide bonds. The third-order valence-electron chi connectivity index (χ3n) is 2.88. The molecule has 2 rings (SSSR count). The van der Waals surface area contributed by atoms with Crippen molar-refractivity contribution in [1.29, 1.82) is 0 Å². The van der Waals surface area contributed by atoms with Gasteiger partial charge in [-0.1, -0.05) is 23.7 Å². The monoisotopic (exact) mass is 292 g/mol. The van der Waals surface area contributed by atoms with Crippen molar-refractivity contribution >= 4 is 23.1 Å². The second-order valence-electron chi connectivity index (χ2n) is 4.30. The second-order valence-corrected chi connectivity index (χ2v) is 4.68. The summed E-state index contributed by atoms with van der Waals surface area (Å²) in [6, 6.07) is 6.61. The number of aryl methyl sites for hydroxylation is 1. The summed E-state index contributed by atoms with van der Waals surface area (Å²) in [6.45, 7) is 3.91. The van der Waals surface area contributed by atoms with Gasteiger partial charge in [-0.05, 0) is 19.4 Å². The molecule has 0 aliphatic carbocycles. The molecule has 1 heterocycles. The molecular formula is C13H13ClN4O2. The Labute approximate surface area is 121 Å². The topological polar surface area (TPSA) is 81.0 Å². The minimum atomic E-state index is -0.384. The molecule has 0 saturated heterocycles. The maximum atomic E-state index is 10.9. The van der Waals surface area contributed by atoms with Gasteiger partial charge in [0.15, 0.2) is 0 Å². The first kappa shape index (κ1) is 14.2.